The fraction of sp³-hybridized carbons (Fsp3) is 0.444. The van der Waals surface area contributed by atoms with Crippen molar-refractivity contribution in [3.05, 3.63) is 48.0 Å². The molecule has 0 bridgehead atoms. The molecule has 0 radical (unpaired) electrons. The van der Waals surface area contributed by atoms with Crippen molar-refractivity contribution < 1.29 is 9.84 Å². The molecule has 1 saturated heterocycles. The summed E-state index contributed by atoms with van der Waals surface area (Å²) in [5.74, 6) is 0. The molecule has 3 nitrogen and oxygen atoms in total. The van der Waals surface area contributed by atoms with E-state index in [9.17, 15) is 5.11 Å². The van der Waals surface area contributed by atoms with Gasteiger partial charge in [-0.1, -0.05) is 36.4 Å². The van der Waals surface area contributed by atoms with Crippen LogP contribution in [0.3, 0.4) is 0 Å². The Morgan fingerprint density at radius 3 is 2.76 bits per heavy atom. The van der Waals surface area contributed by atoms with E-state index in [0.717, 1.165) is 31.6 Å². The van der Waals surface area contributed by atoms with E-state index < -0.39 is 5.54 Å². The average Bonchev–Trinajstić information content (AvgIpc) is 3.05. The molecule has 1 aliphatic heterocycles. The SMILES string of the molecule is CC(CO)(NCC1CCCO1)c1ccc2ccccc2c1. The summed E-state index contributed by atoms with van der Waals surface area (Å²) in [7, 11) is 0. The average molecular weight is 285 g/mol. The largest absolute Gasteiger partial charge is 0.394 e. The van der Waals surface area contributed by atoms with Crippen LogP contribution in [0.15, 0.2) is 42.5 Å². The summed E-state index contributed by atoms with van der Waals surface area (Å²) in [6.07, 6.45) is 2.51. The lowest BCUT2D eigenvalue weighted by Crippen LogP contribution is -2.46. The van der Waals surface area contributed by atoms with Gasteiger partial charge in [0.15, 0.2) is 0 Å². The molecule has 21 heavy (non-hydrogen) atoms. The number of nitrogens with one attached hydrogen (secondary N) is 1. The second-order valence-corrected chi connectivity index (χ2v) is 6.07. The molecule has 1 heterocycles. The summed E-state index contributed by atoms with van der Waals surface area (Å²) in [5.41, 5.74) is 0.678. The van der Waals surface area contributed by atoms with Gasteiger partial charge in [-0.05, 0) is 42.2 Å². The fourth-order valence-corrected chi connectivity index (χ4v) is 2.93. The smallest absolute Gasteiger partial charge is 0.0700 e. The number of fused-ring (bicyclic) bond motifs is 1. The van der Waals surface area contributed by atoms with E-state index in [-0.39, 0.29) is 12.7 Å². The lowest BCUT2D eigenvalue weighted by molar-refractivity contribution is 0.0910. The number of hydrogen-bond acceptors (Lipinski definition) is 3. The summed E-state index contributed by atoms with van der Waals surface area (Å²) in [6.45, 7) is 3.76. The molecule has 1 fully saturated rings. The molecule has 2 N–H and O–H groups in total. The molecule has 2 aromatic rings. The normalized spacial score (nSPS) is 21.5. The van der Waals surface area contributed by atoms with E-state index in [1.54, 1.807) is 0 Å². The Bertz CT molecular complexity index is 607. The van der Waals surface area contributed by atoms with Crippen LogP contribution >= 0.6 is 0 Å². The van der Waals surface area contributed by atoms with E-state index in [4.69, 9.17) is 4.74 Å². The van der Waals surface area contributed by atoms with Gasteiger partial charge in [-0.25, -0.2) is 0 Å². The van der Waals surface area contributed by atoms with Gasteiger partial charge in [-0.15, -0.1) is 0 Å². The van der Waals surface area contributed by atoms with E-state index in [0.29, 0.717) is 0 Å². The molecule has 0 amide bonds. The van der Waals surface area contributed by atoms with Crippen LogP contribution in [0.1, 0.15) is 25.3 Å². The zero-order valence-corrected chi connectivity index (χ0v) is 12.5. The van der Waals surface area contributed by atoms with Gasteiger partial charge in [0.1, 0.15) is 0 Å². The van der Waals surface area contributed by atoms with Gasteiger partial charge < -0.3 is 15.2 Å². The van der Waals surface area contributed by atoms with Gasteiger partial charge in [-0.2, -0.15) is 0 Å². The third-order valence-corrected chi connectivity index (χ3v) is 4.45. The summed E-state index contributed by atoms with van der Waals surface area (Å²) in [6, 6.07) is 14.7. The summed E-state index contributed by atoms with van der Waals surface area (Å²) >= 11 is 0. The quantitative estimate of drug-likeness (QED) is 0.887. The van der Waals surface area contributed by atoms with E-state index in [1.165, 1.54) is 10.8 Å². The Morgan fingerprint density at radius 1 is 1.24 bits per heavy atom. The second-order valence-electron chi connectivity index (χ2n) is 6.07. The van der Waals surface area contributed by atoms with Crippen molar-refractivity contribution in [2.24, 2.45) is 0 Å². The van der Waals surface area contributed by atoms with Crippen molar-refractivity contribution in [2.45, 2.75) is 31.4 Å². The van der Waals surface area contributed by atoms with Gasteiger partial charge in [-0.3, -0.25) is 0 Å². The highest BCUT2D eigenvalue weighted by Gasteiger charge is 2.27. The first-order valence-corrected chi connectivity index (χ1v) is 7.68. The van der Waals surface area contributed by atoms with Gasteiger partial charge in [0, 0.05) is 13.2 Å². The molecule has 2 unspecified atom stereocenters. The minimum atomic E-state index is -0.435. The molecule has 2 aromatic carbocycles. The molecule has 112 valence electrons. The van der Waals surface area contributed by atoms with Gasteiger partial charge in [0.2, 0.25) is 0 Å². The number of rotatable bonds is 5. The van der Waals surface area contributed by atoms with Gasteiger partial charge in [0.25, 0.3) is 0 Å². The number of aliphatic hydroxyl groups excluding tert-OH is 1. The molecule has 3 heteroatoms. The number of ether oxygens (including phenoxy) is 1. The summed E-state index contributed by atoms with van der Waals surface area (Å²) in [4.78, 5) is 0. The molecule has 0 aromatic heterocycles. The Kier molecular flexibility index (Phi) is 4.24. The number of hydrogen-bond donors (Lipinski definition) is 2. The van der Waals surface area contributed by atoms with Crippen LogP contribution in [0.4, 0.5) is 0 Å². The van der Waals surface area contributed by atoms with Crippen LogP contribution < -0.4 is 5.32 Å². The third-order valence-electron chi connectivity index (χ3n) is 4.45. The maximum atomic E-state index is 9.88. The van der Waals surface area contributed by atoms with Crippen molar-refractivity contribution in [2.75, 3.05) is 19.8 Å². The first-order valence-electron chi connectivity index (χ1n) is 7.68. The molecule has 0 saturated carbocycles. The first-order chi connectivity index (χ1) is 10.2. The molecule has 3 rings (SSSR count). The van der Waals surface area contributed by atoms with E-state index in [2.05, 4.69) is 35.6 Å². The topological polar surface area (TPSA) is 41.5 Å². The van der Waals surface area contributed by atoms with Crippen LogP contribution in [0.25, 0.3) is 10.8 Å². The Labute approximate surface area is 125 Å². The first kappa shape index (κ1) is 14.5. The zero-order valence-electron chi connectivity index (χ0n) is 12.5. The molecule has 2 atom stereocenters. The second kappa shape index (κ2) is 6.14. The highest BCUT2D eigenvalue weighted by molar-refractivity contribution is 5.83. The Balaban J connectivity index is 1.81. The highest BCUT2D eigenvalue weighted by Crippen LogP contribution is 2.25. The van der Waals surface area contributed by atoms with Crippen LogP contribution in [0.2, 0.25) is 0 Å². The minimum Gasteiger partial charge on any atom is -0.394 e. The Morgan fingerprint density at radius 2 is 2.05 bits per heavy atom. The number of aliphatic hydroxyl groups is 1. The fourth-order valence-electron chi connectivity index (χ4n) is 2.93. The summed E-state index contributed by atoms with van der Waals surface area (Å²) in [5, 5.41) is 15.8. The van der Waals surface area contributed by atoms with Crippen molar-refractivity contribution in [3.8, 4) is 0 Å². The van der Waals surface area contributed by atoms with E-state index in [1.807, 2.05) is 19.1 Å². The molecular formula is C18H23NO2. The lowest BCUT2D eigenvalue weighted by Gasteiger charge is -2.31. The highest BCUT2D eigenvalue weighted by atomic mass is 16.5. The summed E-state index contributed by atoms with van der Waals surface area (Å²) < 4.78 is 5.65. The standard InChI is InChI=1S/C18H23NO2/c1-18(13-20,19-12-17-7-4-10-21-17)16-9-8-14-5-2-3-6-15(14)11-16/h2-3,5-6,8-9,11,17,19-20H,4,7,10,12-13H2,1H3. The van der Waals surface area contributed by atoms with Crippen LogP contribution in [0, 0.1) is 0 Å². The predicted molar refractivity (Wildman–Crippen MR) is 85.4 cm³/mol. The maximum Gasteiger partial charge on any atom is 0.0700 e. The van der Waals surface area contributed by atoms with E-state index >= 15 is 0 Å². The zero-order chi connectivity index (χ0) is 14.7. The van der Waals surface area contributed by atoms with Crippen molar-refractivity contribution in [3.63, 3.8) is 0 Å². The lowest BCUT2D eigenvalue weighted by atomic mass is 9.90. The maximum absolute atomic E-state index is 9.88. The molecule has 0 spiro atoms. The van der Waals surface area contributed by atoms with Crippen molar-refractivity contribution >= 4 is 10.8 Å². The van der Waals surface area contributed by atoms with Gasteiger partial charge >= 0.3 is 0 Å². The Hall–Kier alpha value is -1.42. The monoisotopic (exact) mass is 285 g/mol. The number of benzene rings is 2. The van der Waals surface area contributed by atoms with Crippen molar-refractivity contribution in [1.82, 2.24) is 5.32 Å². The van der Waals surface area contributed by atoms with Crippen LogP contribution in [-0.4, -0.2) is 31.0 Å². The predicted octanol–water partition coefficient (Wildman–Crippen LogP) is 2.82. The molecule has 1 aliphatic rings. The molecule has 0 aliphatic carbocycles. The van der Waals surface area contributed by atoms with Gasteiger partial charge in [0.05, 0.1) is 18.2 Å². The minimum absolute atomic E-state index is 0.0675. The van der Waals surface area contributed by atoms with Crippen LogP contribution in [0.5, 0.6) is 0 Å². The molecular weight excluding hydrogens is 262 g/mol. The third kappa shape index (κ3) is 3.10. The van der Waals surface area contributed by atoms with Crippen LogP contribution in [-0.2, 0) is 10.3 Å². The van der Waals surface area contributed by atoms with Crippen molar-refractivity contribution in [1.29, 1.82) is 0 Å².